The van der Waals surface area contributed by atoms with Crippen LogP contribution in [0.2, 0.25) is 0 Å². The van der Waals surface area contributed by atoms with E-state index in [1.54, 1.807) is 6.07 Å². The minimum Gasteiger partial charge on any atom is -0.496 e. The third-order valence-electron chi connectivity index (χ3n) is 1.76. The second-order valence-electron chi connectivity index (χ2n) is 2.75. The fraction of sp³-hybridized carbons (Fsp3) is 0.222. The first kappa shape index (κ1) is 11.7. The molecule has 0 heterocycles. The predicted molar refractivity (Wildman–Crippen MR) is 56.8 cm³/mol. The van der Waals surface area contributed by atoms with Crippen LogP contribution in [0.25, 0.3) is 10.4 Å². The zero-order valence-corrected chi connectivity index (χ0v) is 8.58. The molecule has 0 aromatic heterocycles. The van der Waals surface area contributed by atoms with E-state index in [0.717, 1.165) is 0 Å². The van der Waals surface area contributed by atoms with Gasteiger partial charge in [0, 0.05) is 16.7 Å². The molecule has 0 spiro atoms. The summed E-state index contributed by atoms with van der Waals surface area (Å²) in [7, 11) is 1.42. The molecule has 0 atom stereocenters. The molecule has 0 saturated carbocycles. The Morgan fingerprint density at radius 1 is 1.62 bits per heavy atom. The molecule has 2 N–H and O–H groups in total. The van der Waals surface area contributed by atoms with E-state index in [1.165, 1.54) is 19.2 Å². The maximum Gasteiger partial charge on any atom is 0.342 e. The topological polar surface area (TPSA) is 110 Å². The summed E-state index contributed by atoms with van der Waals surface area (Å²) in [5.74, 6) is -0.324. The van der Waals surface area contributed by atoms with E-state index in [-0.39, 0.29) is 12.3 Å². The second-order valence-corrected chi connectivity index (χ2v) is 2.75. The molecule has 1 aromatic carbocycles. The number of methoxy groups -OCH3 is 1. The minimum absolute atomic E-state index is 0.227. The lowest BCUT2D eigenvalue weighted by Crippen LogP contribution is -2.07. The first-order chi connectivity index (χ1) is 7.69. The molecule has 0 unspecified atom stereocenters. The average molecular weight is 222 g/mol. The number of nitrogen functional groups attached to an aromatic ring is 1. The summed E-state index contributed by atoms with van der Waals surface area (Å²) < 4.78 is 9.64. The molecule has 0 aliphatic carbocycles. The lowest BCUT2D eigenvalue weighted by Gasteiger charge is -2.07. The van der Waals surface area contributed by atoms with Gasteiger partial charge >= 0.3 is 5.97 Å². The minimum atomic E-state index is -0.635. The molecule has 0 bridgehead atoms. The van der Waals surface area contributed by atoms with Gasteiger partial charge in [0.05, 0.1) is 7.11 Å². The third kappa shape index (κ3) is 2.79. The van der Waals surface area contributed by atoms with Crippen LogP contribution in [0.1, 0.15) is 10.4 Å². The normalized spacial score (nSPS) is 9.06. The summed E-state index contributed by atoms with van der Waals surface area (Å²) in [4.78, 5) is 13.9. The first-order valence-corrected chi connectivity index (χ1v) is 4.30. The molecule has 84 valence electrons. The molecule has 0 aliphatic rings. The van der Waals surface area contributed by atoms with E-state index >= 15 is 0 Å². The van der Waals surface area contributed by atoms with Crippen molar-refractivity contribution in [2.24, 2.45) is 5.11 Å². The van der Waals surface area contributed by atoms with Gasteiger partial charge in [-0.2, -0.15) is 0 Å². The van der Waals surface area contributed by atoms with Crippen molar-refractivity contribution in [3.8, 4) is 5.75 Å². The number of hydrogen-bond acceptors (Lipinski definition) is 5. The molecule has 7 nitrogen and oxygen atoms in total. The van der Waals surface area contributed by atoms with E-state index in [1.807, 2.05) is 0 Å². The Kier molecular flexibility index (Phi) is 3.99. The van der Waals surface area contributed by atoms with Gasteiger partial charge < -0.3 is 15.2 Å². The van der Waals surface area contributed by atoms with Crippen LogP contribution in [0, 0.1) is 0 Å². The van der Waals surface area contributed by atoms with Crippen LogP contribution in [-0.2, 0) is 4.74 Å². The molecule has 0 saturated heterocycles. The van der Waals surface area contributed by atoms with Gasteiger partial charge in [-0.05, 0) is 17.7 Å². The highest BCUT2D eigenvalue weighted by Crippen LogP contribution is 2.22. The monoisotopic (exact) mass is 222 g/mol. The highest BCUT2D eigenvalue weighted by Gasteiger charge is 2.13. The van der Waals surface area contributed by atoms with Gasteiger partial charge in [0.2, 0.25) is 0 Å². The van der Waals surface area contributed by atoms with E-state index in [4.69, 9.17) is 16.0 Å². The van der Waals surface area contributed by atoms with Crippen molar-refractivity contribution in [2.75, 3.05) is 19.6 Å². The number of nitrogens with two attached hydrogens (primary N) is 1. The summed E-state index contributed by atoms with van der Waals surface area (Å²) in [6, 6.07) is 4.53. The number of anilines is 1. The zero-order valence-electron chi connectivity index (χ0n) is 8.58. The summed E-state index contributed by atoms with van der Waals surface area (Å²) in [5.41, 5.74) is 14.2. The van der Waals surface area contributed by atoms with Gasteiger partial charge in [-0.15, -0.1) is 0 Å². The lowest BCUT2D eigenvalue weighted by atomic mass is 10.2. The van der Waals surface area contributed by atoms with Gasteiger partial charge in [0.1, 0.15) is 11.3 Å². The van der Waals surface area contributed by atoms with Crippen LogP contribution >= 0.6 is 0 Å². The Bertz CT molecular complexity index is 440. The third-order valence-corrected chi connectivity index (χ3v) is 1.76. The maximum atomic E-state index is 11.5. The molecule has 0 amide bonds. The van der Waals surface area contributed by atoms with E-state index in [9.17, 15) is 4.79 Å². The predicted octanol–water partition coefficient (Wildman–Crippen LogP) is 1.70. The summed E-state index contributed by atoms with van der Waals surface area (Å²) >= 11 is 0. The van der Waals surface area contributed by atoms with Crippen LogP contribution in [-0.4, -0.2) is 19.8 Å². The van der Waals surface area contributed by atoms with Gasteiger partial charge in [-0.25, -0.2) is 4.79 Å². The first-order valence-electron chi connectivity index (χ1n) is 4.30. The zero-order chi connectivity index (χ0) is 12.0. The standard InChI is InChI=1S/C9H10N4O3/c1-15-8-4-6(10)2-3-7(8)9(14)16-5-12-13-11/h2-4H,5,10H2,1H3. The number of hydrogen-bond donors (Lipinski definition) is 1. The highest BCUT2D eigenvalue weighted by molar-refractivity contribution is 5.93. The van der Waals surface area contributed by atoms with Crippen molar-refractivity contribution >= 4 is 11.7 Å². The van der Waals surface area contributed by atoms with Crippen molar-refractivity contribution in [1.82, 2.24) is 0 Å². The number of benzene rings is 1. The highest BCUT2D eigenvalue weighted by atomic mass is 16.5. The Hall–Kier alpha value is -2.40. The van der Waals surface area contributed by atoms with Crippen molar-refractivity contribution < 1.29 is 14.3 Å². The van der Waals surface area contributed by atoms with Crippen LogP contribution < -0.4 is 10.5 Å². The molecular weight excluding hydrogens is 212 g/mol. The average Bonchev–Trinajstić information content (AvgIpc) is 2.29. The van der Waals surface area contributed by atoms with Crippen molar-refractivity contribution in [2.45, 2.75) is 0 Å². The summed E-state index contributed by atoms with van der Waals surface area (Å²) in [6.45, 7) is -0.358. The number of esters is 1. The van der Waals surface area contributed by atoms with Gasteiger partial charge in [-0.3, -0.25) is 0 Å². The fourth-order valence-electron chi connectivity index (χ4n) is 1.07. The largest absolute Gasteiger partial charge is 0.496 e. The number of carbonyl (C=O) groups excluding carboxylic acids is 1. The van der Waals surface area contributed by atoms with Crippen molar-refractivity contribution in [3.05, 3.63) is 34.2 Å². The van der Waals surface area contributed by atoms with Gasteiger partial charge in [0.25, 0.3) is 0 Å². The molecule has 1 rings (SSSR count). The van der Waals surface area contributed by atoms with Crippen molar-refractivity contribution in [1.29, 1.82) is 0 Å². The molecule has 0 radical (unpaired) electrons. The second kappa shape index (κ2) is 5.47. The number of nitrogens with zero attached hydrogens (tertiary/aromatic N) is 3. The molecule has 16 heavy (non-hydrogen) atoms. The van der Waals surface area contributed by atoms with Crippen LogP contribution in [0.3, 0.4) is 0 Å². The van der Waals surface area contributed by atoms with Crippen LogP contribution in [0.5, 0.6) is 5.75 Å². The van der Waals surface area contributed by atoms with Crippen LogP contribution in [0.15, 0.2) is 23.3 Å². The Balaban J connectivity index is 2.85. The van der Waals surface area contributed by atoms with E-state index in [2.05, 4.69) is 14.8 Å². The summed E-state index contributed by atoms with van der Waals surface area (Å²) in [6.07, 6.45) is 0. The molecule has 0 fully saturated rings. The Morgan fingerprint density at radius 3 is 3.00 bits per heavy atom. The maximum absolute atomic E-state index is 11.5. The van der Waals surface area contributed by atoms with E-state index < -0.39 is 5.97 Å². The van der Waals surface area contributed by atoms with Gasteiger partial charge in [0.15, 0.2) is 6.73 Å². The Labute approximate surface area is 91.4 Å². The number of rotatable bonds is 4. The van der Waals surface area contributed by atoms with Crippen molar-refractivity contribution in [3.63, 3.8) is 0 Å². The van der Waals surface area contributed by atoms with E-state index in [0.29, 0.717) is 11.4 Å². The fourth-order valence-corrected chi connectivity index (χ4v) is 1.07. The molecule has 7 heteroatoms. The lowest BCUT2D eigenvalue weighted by molar-refractivity contribution is 0.0512. The summed E-state index contributed by atoms with van der Waals surface area (Å²) in [5, 5.41) is 3.08. The number of ether oxygens (including phenoxy) is 2. The number of carbonyl (C=O) groups is 1. The Morgan fingerprint density at radius 2 is 2.38 bits per heavy atom. The SMILES string of the molecule is COc1cc(N)ccc1C(=O)OCN=[N+]=[N-]. The molecule has 0 aliphatic heterocycles. The number of azide groups is 1. The molecule has 1 aromatic rings. The quantitative estimate of drug-likeness (QED) is 0.275. The van der Waals surface area contributed by atoms with Crippen LogP contribution in [0.4, 0.5) is 5.69 Å². The van der Waals surface area contributed by atoms with Gasteiger partial charge in [-0.1, -0.05) is 5.11 Å². The molecular formula is C9H10N4O3. The smallest absolute Gasteiger partial charge is 0.342 e.